The van der Waals surface area contributed by atoms with Gasteiger partial charge in [-0.05, 0) is 113 Å². The lowest BCUT2D eigenvalue weighted by atomic mass is 9.65. The molecule has 28 heavy (non-hydrogen) atoms. The van der Waals surface area contributed by atoms with E-state index in [9.17, 15) is 4.79 Å². The molecule has 0 aromatic heterocycles. The zero-order chi connectivity index (χ0) is 19.5. The summed E-state index contributed by atoms with van der Waals surface area (Å²) >= 11 is 0. The van der Waals surface area contributed by atoms with Crippen LogP contribution in [0.5, 0.6) is 0 Å². The van der Waals surface area contributed by atoms with Crippen molar-refractivity contribution in [1.82, 2.24) is 0 Å². The summed E-state index contributed by atoms with van der Waals surface area (Å²) in [5, 5.41) is 0. The van der Waals surface area contributed by atoms with Crippen molar-refractivity contribution >= 4 is 5.78 Å². The van der Waals surface area contributed by atoms with E-state index in [2.05, 4.69) is 13.8 Å². The lowest BCUT2D eigenvalue weighted by molar-refractivity contribution is -0.129. The zero-order valence-corrected chi connectivity index (χ0v) is 18.8. The molecule has 4 saturated carbocycles. The standard InChI is InChI=1S/C27H46O/c1-19-3-7-21(8-4-19)23-11-15-25(16-12-23)27(28)26-17-13-24(14-18-26)22-9-5-20(2)6-10-22/h19-26H,3-18H2,1-2H3. The molecule has 0 spiro atoms. The smallest absolute Gasteiger partial charge is 0.139 e. The Balaban J connectivity index is 1.19. The van der Waals surface area contributed by atoms with Crippen molar-refractivity contribution < 1.29 is 4.79 Å². The molecule has 0 unspecified atom stereocenters. The highest BCUT2D eigenvalue weighted by Gasteiger charge is 2.37. The third kappa shape index (κ3) is 5.04. The number of carbonyl (C=O) groups is 1. The molecule has 0 saturated heterocycles. The van der Waals surface area contributed by atoms with Crippen LogP contribution in [0.1, 0.15) is 117 Å². The van der Waals surface area contributed by atoms with Crippen LogP contribution in [0, 0.1) is 47.3 Å². The Morgan fingerprint density at radius 1 is 0.429 bits per heavy atom. The largest absolute Gasteiger partial charge is 0.299 e. The molecule has 0 radical (unpaired) electrons. The van der Waals surface area contributed by atoms with Crippen molar-refractivity contribution in [2.75, 3.05) is 0 Å². The molecule has 1 heteroatoms. The van der Waals surface area contributed by atoms with E-state index in [4.69, 9.17) is 0 Å². The van der Waals surface area contributed by atoms with Crippen LogP contribution in [0.3, 0.4) is 0 Å². The number of ketones is 1. The van der Waals surface area contributed by atoms with E-state index in [1.807, 2.05) is 0 Å². The van der Waals surface area contributed by atoms with Gasteiger partial charge in [-0.25, -0.2) is 0 Å². The second-order valence-electron chi connectivity index (χ2n) is 11.7. The fourth-order valence-corrected chi connectivity index (χ4v) is 7.60. The summed E-state index contributed by atoms with van der Waals surface area (Å²) in [6.45, 7) is 4.85. The Labute approximate surface area is 174 Å². The minimum Gasteiger partial charge on any atom is -0.299 e. The summed E-state index contributed by atoms with van der Waals surface area (Å²) in [6, 6.07) is 0. The molecule has 0 heterocycles. The van der Waals surface area contributed by atoms with Crippen LogP contribution in [0.2, 0.25) is 0 Å². The maximum Gasteiger partial charge on any atom is 0.139 e. The molecule has 0 amide bonds. The Bertz CT molecular complexity index is 434. The lowest BCUT2D eigenvalue weighted by Crippen LogP contribution is -2.33. The predicted molar refractivity (Wildman–Crippen MR) is 118 cm³/mol. The zero-order valence-electron chi connectivity index (χ0n) is 18.8. The SMILES string of the molecule is CC1CCC(C2CCC(C(=O)C3CCC(C4CCC(C)CC4)CC3)CC2)CC1. The Morgan fingerprint density at radius 3 is 0.964 bits per heavy atom. The van der Waals surface area contributed by atoms with Crippen LogP contribution in [0.4, 0.5) is 0 Å². The molecule has 0 N–H and O–H groups in total. The molecule has 160 valence electrons. The highest BCUT2D eigenvalue weighted by atomic mass is 16.1. The molecule has 4 aliphatic carbocycles. The monoisotopic (exact) mass is 386 g/mol. The van der Waals surface area contributed by atoms with E-state index >= 15 is 0 Å². The van der Waals surface area contributed by atoms with Crippen LogP contribution in [-0.2, 0) is 4.79 Å². The van der Waals surface area contributed by atoms with Gasteiger partial charge in [-0.15, -0.1) is 0 Å². The maximum atomic E-state index is 13.2. The first kappa shape index (κ1) is 20.9. The second-order valence-corrected chi connectivity index (χ2v) is 11.7. The average molecular weight is 387 g/mol. The van der Waals surface area contributed by atoms with Gasteiger partial charge in [-0.2, -0.15) is 0 Å². The first-order chi connectivity index (χ1) is 13.6. The first-order valence-corrected chi connectivity index (χ1v) is 13.1. The van der Waals surface area contributed by atoms with Crippen LogP contribution < -0.4 is 0 Å². The molecule has 4 fully saturated rings. The highest BCUT2D eigenvalue weighted by Crippen LogP contribution is 2.45. The summed E-state index contributed by atoms with van der Waals surface area (Å²) in [5.74, 6) is 7.32. The first-order valence-electron chi connectivity index (χ1n) is 13.1. The van der Waals surface area contributed by atoms with Crippen molar-refractivity contribution in [2.45, 2.75) is 117 Å². The molecular formula is C27H46O. The number of carbonyl (C=O) groups excluding carboxylic acids is 1. The van der Waals surface area contributed by atoms with Gasteiger partial charge in [0, 0.05) is 11.8 Å². The van der Waals surface area contributed by atoms with Gasteiger partial charge in [0.1, 0.15) is 5.78 Å². The highest BCUT2D eigenvalue weighted by molar-refractivity contribution is 5.83. The fraction of sp³-hybridized carbons (Fsp3) is 0.963. The molecule has 0 aromatic carbocycles. The van der Waals surface area contributed by atoms with E-state index in [1.165, 1.54) is 103 Å². The van der Waals surface area contributed by atoms with Crippen molar-refractivity contribution in [1.29, 1.82) is 0 Å². The number of hydrogen-bond acceptors (Lipinski definition) is 1. The summed E-state index contributed by atoms with van der Waals surface area (Å²) < 4.78 is 0. The topological polar surface area (TPSA) is 17.1 Å². The van der Waals surface area contributed by atoms with Crippen molar-refractivity contribution in [2.24, 2.45) is 47.3 Å². The quantitative estimate of drug-likeness (QED) is 0.481. The Morgan fingerprint density at radius 2 is 0.679 bits per heavy atom. The summed E-state index contributed by atoms with van der Waals surface area (Å²) in [7, 11) is 0. The van der Waals surface area contributed by atoms with Gasteiger partial charge < -0.3 is 0 Å². The molecule has 0 bridgehead atoms. The van der Waals surface area contributed by atoms with Crippen molar-refractivity contribution in [3.63, 3.8) is 0 Å². The van der Waals surface area contributed by atoms with Crippen LogP contribution in [0.25, 0.3) is 0 Å². The van der Waals surface area contributed by atoms with E-state index in [0.29, 0.717) is 17.6 Å². The number of rotatable bonds is 4. The normalized spacial score (nSPS) is 45.5. The van der Waals surface area contributed by atoms with Crippen LogP contribution in [0.15, 0.2) is 0 Å². The molecule has 4 rings (SSSR count). The van der Waals surface area contributed by atoms with Gasteiger partial charge in [0.15, 0.2) is 0 Å². The van der Waals surface area contributed by atoms with Gasteiger partial charge in [0.05, 0.1) is 0 Å². The summed E-state index contributed by atoms with van der Waals surface area (Å²) in [4.78, 5) is 13.2. The van der Waals surface area contributed by atoms with Gasteiger partial charge in [-0.1, -0.05) is 39.5 Å². The molecular weight excluding hydrogens is 340 g/mol. The van der Waals surface area contributed by atoms with Crippen LogP contribution in [-0.4, -0.2) is 5.78 Å². The Kier molecular flexibility index (Phi) is 7.21. The molecule has 1 nitrogen and oxygen atoms in total. The van der Waals surface area contributed by atoms with Gasteiger partial charge in [0.2, 0.25) is 0 Å². The third-order valence-electron chi connectivity index (χ3n) is 9.80. The van der Waals surface area contributed by atoms with Gasteiger partial charge >= 0.3 is 0 Å². The molecule has 4 aliphatic rings. The van der Waals surface area contributed by atoms with Gasteiger partial charge in [-0.3, -0.25) is 4.79 Å². The van der Waals surface area contributed by atoms with E-state index in [-0.39, 0.29) is 0 Å². The average Bonchev–Trinajstić information content (AvgIpc) is 2.75. The molecule has 0 aromatic rings. The second kappa shape index (κ2) is 9.65. The molecule has 0 atom stereocenters. The van der Waals surface area contributed by atoms with Crippen molar-refractivity contribution in [3.8, 4) is 0 Å². The minimum atomic E-state index is 0.427. The summed E-state index contributed by atoms with van der Waals surface area (Å²) in [5.41, 5.74) is 0. The minimum absolute atomic E-state index is 0.427. The van der Waals surface area contributed by atoms with E-state index < -0.39 is 0 Å². The van der Waals surface area contributed by atoms with Crippen LogP contribution >= 0.6 is 0 Å². The number of hydrogen-bond donors (Lipinski definition) is 0. The van der Waals surface area contributed by atoms with E-state index in [1.54, 1.807) is 0 Å². The third-order valence-corrected chi connectivity index (χ3v) is 9.80. The fourth-order valence-electron chi connectivity index (χ4n) is 7.60. The predicted octanol–water partition coefficient (Wildman–Crippen LogP) is 7.82. The lowest BCUT2D eigenvalue weighted by Gasteiger charge is -2.39. The van der Waals surface area contributed by atoms with Gasteiger partial charge in [0.25, 0.3) is 0 Å². The maximum absolute atomic E-state index is 13.2. The Hall–Kier alpha value is -0.330. The van der Waals surface area contributed by atoms with Crippen molar-refractivity contribution in [3.05, 3.63) is 0 Å². The summed E-state index contributed by atoms with van der Waals surface area (Å²) in [6.07, 6.45) is 22.0. The number of Topliss-reactive ketones (excluding diaryl/α,β-unsaturated/α-hetero) is 1. The molecule has 0 aliphatic heterocycles. The van der Waals surface area contributed by atoms with E-state index in [0.717, 1.165) is 35.5 Å².